The lowest BCUT2D eigenvalue weighted by molar-refractivity contribution is -0.423. The van der Waals surface area contributed by atoms with Gasteiger partial charge in [-0.25, -0.2) is 4.18 Å². The molecule has 0 bridgehead atoms. The molecular weight excluding hydrogens is 282 g/mol. The van der Waals surface area contributed by atoms with E-state index in [1.807, 2.05) is 0 Å². The molecule has 20 heavy (non-hydrogen) atoms. The lowest BCUT2D eigenvalue weighted by Crippen LogP contribution is -2.60. The van der Waals surface area contributed by atoms with Crippen LogP contribution in [0.3, 0.4) is 0 Å². The molecule has 0 radical (unpaired) electrons. The number of hydrogen-bond acceptors (Lipinski definition) is 4. The number of unbranched alkanes of at least 4 members (excludes halogenated alkanes) is 6. The molecule has 0 aliphatic rings. The van der Waals surface area contributed by atoms with Crippen LogP contribution in [0.1, 0.15) is 71.1 Å². The van der Waals surface area contributed by atoms with E-state index in [9.17, 15) is 8.42 Å². The Balaban J connectivity index is 0. The zero-order valence-corrected chi connectivity index (χ0v) is 13.4. The third kappa shape index (κ3) is 17.8. The maximum Gasteiger partial charge on any atom is 0.397 e. The van der Waals surface area contributed by atoms with Crippen molar-refractivity contribution in [3.05, 3.63) is 0 Å². The highest BCUT2D eigenvalue weighted by atomic mass is 32.3. The maximum absolute atomic E-state index is 10.3. The molecule has 0 amide bonds. The topological polar surface area (TPSA) is 121 Å². The molecule has 0 aromatic rings. The van der Waals surface area contributed by atoms with Crippen molar-refractivity contribution in [2.75, 3.05) is 6.61 Å². The van der Waals surface area contributed by atoms with Crippen LogP contribution in [0, 0.1) is 0 Å². The van der Waals surface area contributed by atoms with Gasteiger partial charge in [-0.1, -0.05) is 45.4 Å². The number of quaternary nitrogens is 1. The average Bonchev–Trinajstić information content (AvgIpc) is 2.32. The number of hydrogen-bond donors (Lipinski definition) is 2. The van der Waals surface area contributed by atoms with E-state index in [1.54, 1.807) is 0 Å². The van der Waals surface area contributed by atoms with Crippen LogP contribution < -0.4 is 5.73 Å². The van der Waals surface area contributed by atoms with E-state index in [4.69, 9.17) is 4.55 Å². The quantitative estimate of drug-likeness (QED) is 0.398. The maximum atomic E-state index is 10.3. The first kappa shape index (κ1) is 22.1. The SMILES string of the molecule is CCCCCCCCCC([NH3+])CCCOS(=O)(=O)O.[OH-]. The van der Waals surface area contributed by atoms with Gasteiger partial charge in [-0.2, -0.15) is 8.42 Å². The summed E-state index contributed by atoms with van der Waals surface area (Å²) < 4.78 is 33.3. The summed E-state index contributed by atoms with van der Waals surface area (Å²) >= 11 is 0. The lowest BCUT2D eigenvalue weighted by atomic mass is 10.0. The van der Waals surface area contributed by atoms with Gasteiger partial charge in [0.25, 0.3) is 0 Å². The molecule has 0 spiro atoms. The minimum absolute atomic E-state index is 0. The van der Waals surface area contributed by atoms with Crippen LogP contribution in [0.15, 0.2) is 0 Å². The predicted molar refractivity (Wildman–Crippen MR) is 78.0 cm³/mol. The highest BCUT2D eigenvalue weighted by Gasteiger charge is 2.08. The summed E-state index contributed by atoms with van der Waals surface area (Å²) in [5.41, 5.74) is 4.05. The molecule has 0 aromatic carbocycles. The van der Waals surface area contributed by atoms with Crippen molar-refractivity contribution in [3.8, 4) is 0 Å². The summed E-state index contributed by atoms with van der Waals surface area (Å²) in [5.74, 6) is 0. The van der Waals surface area contributed by atoms with Crippen LogP contribution in [0.25, 0.3) is 0 Å². The summed E-state index contributed by atoms with van der Waals surface area (Å²) in [6.07, 6.45) is 11.6. The summed E-state index contributed by atoms with van der Waals surface area (Å²) in [6.45, 7) is 2.26. The van der Waals surface area contributed by atoms with Crippen LogP contribution in [0.2, 0.25) is 0 Å². The van der Waals surface area contributed by atoms with Crippen molar-refractivity contribution in [1.82, 2.24) is 0 Å². The molecule has 6 nitrogen and oxygen atoms in total. The van der Waals surface area contributed by atoms with Crippen molar-refractivity contribution in [1.29, 1.82) is 0 Å². The smallest absolute Gasteiger partial charge is 0.397 e. The monoisotopic (exact) mass is 313 g/mol. The zero-order chi connectivity index (χ0) is 14.6. The molecule has 5 N–H and O–H groups in total. The predicted octanol–water partition coefficient (Wildman–Crippen LogP) is 2.16. The molecular formula is C13H31NO5S. The minimum Gasteiger partial charge on any atom is -0.870 e. The van der Waals surface area contributed by atoms with Gasteiger partial charge in [0.1, 0.15) is 0 Å². The van der Waals surface area contributed by atoms with Crippen LogP contribution in [-0.4, -0.2) is 31.1 Å². The van der Waals surface area contributed by atoms with E-state index in [-0.39, 0.29) is 12.1 Å². The third-order valence-electron chi connectivity index (χ3n) is 3.20. The highest BCUT2D eigenvalue weighted by Crippen LogP contribution is 2.10. The summed E-state index contributed by atoms with van der Waals surface area (Å²) in [7, 11) is -4.27. The Morgan fingerprint density at radius 1 is 1.00 bits per heavy atom. The Morgan fingerprint density at radius 3 is 2.05 bits per heavy atom. The second-order valence-corrected chi connectivity index (χ2v) is 6.26. The first-order chi connectivity index (χ1) is 8.95. The molecule has 1 unspecified atom stereocenters. The fourth-order valence-electron chi connectivity index (χ4n) is 2.07. The largest absolute Gasteiger partial charge is 0.870 e. The van der Waals surface area contributed by atoms with E-state index >= 15 is 0 Å². The molecule has 1 atom stereocenters. The van der Waals surface area contributed by atoms with E-state index in [2.05, 4.69) is 16.8 Å². The standard InChI is InChI=1S/C13H29NO4S.H2O/c1-2-3-4-5-6-7-8-10-13(14)11-9-12-18-19(15,16)17;/h13H,2-12,14H2,1H3,(H,15,16,17);1H2. The van der Waals surface area contributed by atoms with E-state index in [1.165, 1.54) is 44.9 Å². The van der Waals surface area contributed by atoms with Crippen molar-refractivity contribution in [2.24, 2.45) is 0 Å². The van der Waals surface area contributed by atoms with Crippen LogP contribution in [0.4, 0.5) is 0 Å². The van der Waals surface area contributed by atoms with Gasteiger partial charge in [-0.05, 0) is 19.3 Å². The molecule has 0 aromatic heterocycles. The average molecular weight is 313 g/mol. The Kier molecular flexibility index (Phi) is 15.2. The molecule has 0 aliphatic heterocycles. The summed E-state index contributed by atoms with van der Waals surface area (Å²) in [6, 6.07) is 0.348. The van der Waals surface area contributed by atoms with Gasteiger partial charge in [0.15, 0.2) is 0 Å². The second kappa shape index (κ2) is 13.8. The van der Waals surface area contributed by atoms with Gasteiger partial charge < -0.3 is 11.2 Å². The van der Waals surface area contributed by atoms with Gasteiger partial charge in [0, 0.05) is 6.42 Å². The third-order valence-corrected chi connectivity index (χ3v) is 3.67. The zero-order valence-electron chi connectivity index (χ0n) is 12.6. The number of rotatable bonds is 13. The van der Waals surface area contributed by atoms with Gasteiger partial charge in [-0.15, -0.1) is 0 Å². The normalized spacial score (nSPS) is 12.9. The fraction of sp³-hybridized carbons (Fsp3) is 1.00. The molecule has 0 aliphatic carbocycles. The summed E-state index contributed by atoms with van der Waals surface area (Å²) in [4.78, 5) is 0. The minimum atomic E-state index is -4.27. The molecule has 7 heteroatoms. The van der Waals surface area contributed by atoms with Gasteiger partial charge >= 0.3 is 10.4 Å². The first-order valence-electron chi connectivity index (χ1n) is 7.40. The van der Waals surface area contributed by atoms with Crippen molar-refractivity contribution in [2.45, 2.75) is 77.2 Å². The molecule has 0 saturated heterocycles. The molecule has 0 heterocycles. The Bertz CT molecular complexity index is 295. The van der Waals surface area contributed by atoms with E-state index in [0.717, 1.165) is 12.8 Å². The van der Waals surface area contributed by atoms with Crippen molar-refractivity contribution in [3.63, 3.8) is 0 Å². The fourth-order valence-corrected chi connectivity index (χ4v) is 2.40. The van der Waals surface area contributed by atoms with Gasteiger partial charge in [-0.3, -0.25) is 4.55 Å². The summed E-state index contributed by atoms with van der Waals surface area (Å²) in [5, 5.41) is 0. The Morgan fingerprint density at radius 2 is 1.50 bits per heavy atom. The molecule has 0 rings (SSSR count). The Labute approximate surface area is 123 Å². The van der Waals surface area contributed by atoms with Crippen molar-refractivity contribution >= 4 is 10.4 Å². The lowest BCUT2D eigenvalue weighted by Gasteiger charge is -2.08. The first-order valence-corrected chi connectivity index (χ1v) is 8.77. The van der Waals surface area contributed by atoms with Gasteiger partial charge in [0.2, 0.25) is 0 Å². The van der Waals surface area contributed by atoms with Crippen LogP contribution in [-0.2, 0) is 14.6 Å². The van der Waals surface area contributed by atoms with Crippen LogP contribution in [0.5, 0.6) is 0 Å². The highest BCUT2D eigenvalue weighted by molar-refractivity contribution is 7.80. The molecule has 0 fully saturated rings. The van der Waals surface area contributed by atoms with Crippen LogP contribution >= 0.6 is 0 Å². The van der Waals surface area contributed by atoms with E-state index < -0.39 is 10.4 Å². The van der Waals surface area contributed by atoms with Gasteiger partial charge in [0.05, 0.1) is 12.6 Å². The second-order valence-electron chi connectivity index (χ2n) is 5.17. The Hall–Kier alpha value is -0.210. The molecule has 0 saturated carbocycles. The van der Waals surface area contributed by atoms with E-state index in [0.29, 0.717) is 12.5 Å². The molecule has 124 valence electrons. The van der Waals surface area contributed by atoms with Crippen molar-refractivity contribution < 1.29 is 28.4 Å².